The van der Waals surface area contributed by atoms with Crippen LogP contribution in [0.1, 0.15) is 28.2 Å². The summed E-state index contributed by atoms with van der Waals surface area (Å²) in [6, 6.07) is 5.54. The molecule has 0 fully saturated rings. The highest BCUT2D eigenvalue weighted by molar-refractivity contribution is 5.94. The molecule has 9 heteroatoms. The summed E-state index contributed by atoms with van der Waals surface area (Å²) in [7, 11) is 0. The lowest BCUT2D eigenvalue weighted by Crippen LogP contribution is -2.34. The molecule has 3 rings (SSSR count). The number of hydrogen-bond donors (Lipinski definition) is 1. The number of carbonyl (C=O) groups is 1. The second kappa shape index (κ2) is 6.42. The van der Waals surface area contributed by atoms with Gasteiger partial charge in [0.15, 0.2) is 5.82 Å². The van der Waals surface area contributed by atoms with Crippen LogP contribution in [0.3, 0.4) is 0 Å². The predicted octanol–water partition coefficient (Wildman–Crippen LogP) is 2.23. The summed E-state index contributed by atoms with van der Waals surface area (Å²) in [5.41, 5.74) is 1.42. The van der Waals surface area contributed by atoms with Crippen molar-refractivity contribution in [3.63, 3.8) is 0 Å². The highest BCUT2D eigenvalue weighted by Crippen LogP contribution is 2.23. The van der Waals surface area contributed by atoms with E-state index in [0.29, 0.717) is 30.9 Å². The highest BCUT2D eigenvalue weighted by atomic mass is 19.4. The maximum Gasteiger partial charge on any atom is 0.393 e. The number of nitrogens with one attached hydrogen (secondary N) is 1. The van der Waals surface area contributed by atoms with Crippen LogP contribution in [0.2, 0.25) is 0 Å². The van der Waals surface area contributed by atoms with E-state index < -0.39 is 12.6 Å². The molecule has 0 spiro atoms. The maximum atomic E-state index is 12.4. The molecule has 6 nitrogen and oxygen atoms in total. The molecule has 0 saturated carbocycles. The number of alkyl halides is 3. The van der Waals surface area contributed by atoms with Gasteiger partial charge >= 0.3 is 6.18 Å². The van der Waals surface area contributed by atoms with E-state index in [-0.39, 0.29) is 11.5 Å². The summed E-state index contributed by atoms with van der Waals surface area (Å²) in [6.45, 7) is 0.885. The van der Waals surface area contributed by atoms with Gasteiger partial charge in [0.05, 0.1) is 6.42 Å². The monoisotopic (exact) mass is 337 g/mol. The Hall–Kier alpha value is -2.71. The fourth-order valence-electron chi connectivity index (χ4n) is 2.53. The first-order chi connectivity index (χ1) is 11.4. The molecule has 0 atom stereocenters. The molecule has 1 aliphatic heterocycles. The summed E-state index contributed by atoms with van der Waals surface area (Å²) in [4.78, 5) is 14.0. The largest absolute Gasteiger partial charge is 0.393 e. The van der Waals surface area contributed by atoms with Gasteiger partial charge < -0.3 is 4.90 Å². The van der Waals surface area contributed by atoms with Gasteiger partial charge in [-0.3, -0.25) is 4.79 Å². The normalized spacial score (nSPS) is 15.3. The van der Waals surface area contributed by atoms with Crippen molar-refractivity contribution in [2.75, 3.05) is 13.1 Å². The standard InChI is InChI=1S/C15H14F3N5O/c16-15(17,18)9-10-1-3-12(4-2-10)14(24)23-7-5-11(6-8-23)13-19-21-22-20-13/h1-5H,6-9H2,(H,19,20,21,22). The summed E-state index contributed by atoms with van der Waals surface area (Å²) >= 11 is 0. The van der Waals surface area contributed by atoms with Crippen LogP contribution in [0.25, 0.3) is 5.57 Å². The van der Waals surface area contributed by atoms with Gasteiger partial charge in [0.25, 0.3) is 5.91 Å². The molecule has 0 aliphatic carbocycles. The lowest BCUT2D eigenvalue weighted by Gasteiger charge is -2.25. The van der Waals surface area contributed by atoms with Gasteiger partial charge in [-0.25, -0.2) is 0 Å². The van der Waals surface area contributed by atoms with Crippen molar-refractivity contribution in [2.24, 2.45) is 0 Å². The molecule has 1 N–H and O–H groups in total. The van der Waals surface area contributed by atoms with E-state index in [9.17, 15) is 18.0 Å². The number of aromatic nitrogens is 4. The first-order valence-corrected chi connectivity index (χ1v) is 7.30. The molecule has 126 valence electrons. The molecule has 1 aromatic heterocycles. The van der Waals surface area contributed by atoms with Crippen LogP contribution < -0.4 is 0 Å². The molecule has 1 aromatic carbocycles. The van der Waals surface area contributed by atoms with Crippen LogP contribution in [0.4, 0.5) is 13.2 Å². The van der Waals surface area contributed by atoms with Crippen LogP contribution in [0.5, 0.6) is 0 Å². The zero-order chi connectivity index (χ0) is 17.2. The van der Waals surface area contributed by atoms with E-state index in [4.69, 9.17) is 0 Å². The first kappa shape index (κ1) is 16.2. The number of H-pyrrole nitrogens is 1. The molecule has 0 bridgehead atoms. The Morgan fingerprint density at radius 2 is 2.00 bits per heavy atom. The first-order valence-electron chi connectivity index (χ1n) is 7.30. The van der Waals surface area contributed by atoms with E-state index in [1.54, 1.807) is 4.90 Å². The number of halogens is 3. The third-order valence-electron chi connectivity index (χ3n) is 3.73. The Bertz CT molecular complexity index is 737. The van der Waals surface area contributed by atoms with E-state index in [1.807, 2.05) is 6.08 Å². The molecular formula is C15H14F3N5O. The van der Waals surface area contributed by atoms with Crippen molar-refractivity contribution in [1.29, 1.82) is 0 Å². The summed E-state index contributed by atoms with van der Waals surface area (Å²) in [5, 5.41) is 13.7. The van der Waals surface area contributed by atoms with Gasteiger partial charge in [-0.2, -0.15) is 18.4 Å². The second-order valence-corrected chi connectivity index (χ2v) is 5.45. The van der Waals surface area contributed by atoms with Crippen molar-refractivity contribution < 1.29 is 18.0 Å². The summed E-state index contributed by atoms with van der Waals surface area (Å²) in [6.07, 6.45) is -2.81. The maximum absolute atomic E-state index is 12.4. The number of aromatic amines is 1. The van der Waals surface area contributed by atoms with Crippen LogP contribution in [-0.2, 0) is 6.42 Å². The van der Waals surface area contributed by atoms with Crippen molar-refractivity contribution >= 4 is 11.5 Å². The van der Waals surface area contributed by atoms with Gasteiger partial charge in [-0.05, 0) is 29.3 Å². The van der Waals surface area contributed by atoms with E-state index in [2.05, 4.69) is 20.6 Å². The molecule has 1 amide bonds. The van der Waals surface area contributed by atoms with Crippen molar-refractivity contribution in [3.05, 3.63) is 47.3 Å². The number of carbonyl (C=O) groups excluding carboxylic acids is 1. The molecule has 1 aliphatic rings. The number of benzene rings is 1. The second-order valence-electron chi connectivity index (χ2n) is 5.45. The minimum absolute atomic E-state index is 0.136. The van der Waals surface area contributed by atoms with Crippen molar-refractivity contribution in [2.45, 2.75) is 19.0 Å². The van der Waals surface area contributed by atoms with Crippen LogP contribution in [0, 0.1) is 0 Å². The van der Waals surface area contributed by atoms with E-state index in [1.165, 1.54) is 24.3 Å². The Balaban J connectivity index is 1.65. The fourth-order valence-corrected chi connectivity index (χ4v) is 2.53. The Labute approximate surface area is 135 Å². The lowest BCUT2D eigenvalue weighted by atomic mass is 10.0. The molecule has 24 heavy (non-hydrogen) atoms. The van der Waals surface area contributed by atoms with E-state index >= 15 is 0 Å². The van der Waals surface area contributed by atoms with E-state index in [0.717, 1.165) is 5.57 Å². The van der Waals surface area contributed by atoms with Crippen LogP contribution in [0.15, 0.2) is 30.3 Å². The number of tetrazole rings is 1. The average molecular weight is 337 g/mol. The molecule has 0 radical (unpaired) electrons. The van der Waals surface area contributed by atoms with Crippen molar-refractivity contribution in [3.8, 4) is 0 Å². The van der Waals surface area contributed by atoms with Gasteiger partial charge in [-0.15, -0.1) is 10.2 Å². The van der Waals surface area contributed by atoms with Crippen LogP contribution in [-0.4, -0.2) is 50.7 Å². The SMILES string of the molecule is O=C(c1ccc(CC(F)(F)F)cc1)N1CC=C(c2nn[nH]n2)CC1. The molecule has 2 aromatic rings. The number of nitrogens with zero attached hydrogens (tertiary/aromatic N) is 4. The number of hydrogen-bond acceptors (Lipinski definition) is 4. The number of amides is 1. The highest BCUT2D eigenvalue weighted by Gasteiger charge is 2.27. The Morgan fingerprint density at radius 1 is 1.25 bits per heavy atom. The third kappa shape index (κ3) is 3.79. The van der Waals surface area contributed by atoms with Crippen LogP contribution >= 0.6 is 0 Å². The fraction of sp³-hybridized carbons (Fsp3) is 0.333. The molecule has 0 saturated heterocycles. The summed E-state index contributed by atoms with van der Waals surface area (Å²) in [5.74, 6) is 0.301. The average Bonchev–Trinajstić information content (AvgIpc) is 3.08. The molecule has 2 heterocycles. The van der Waals surface area contributed by atoms with Gasteiger partial charge in [0.1, 0.15) is 0 Å². The number of rotatable bonds is 3. The smallest absolute Gasteiger partial charge is 0.335 e. The Morgan fingerprint density at radius 3 is 2.54 bits per heavy atom. The van der Waals surface area contributed by atoms with Gasteiger partial charge in [0.2, 0.25) is 0 Å². The predicted molar refractivity (Wildman–Crippen MR) is 78.9 cm³/mol. The Kier molecular flexibility index (Phi) is 4.32. The minimum Gasteiger partial charge on any atom is -0.335 e. The lowest BCUT2D eigenvalue weighted by molar-refractivity contribution is -0.127. The van der Waals surface area contributed by atoms with Crippen molar-refractivity contribution in [1.82, 2.24) is 25.5 Å². The minimum atomic E-state index is -4.26. The zero-order valence-corrected chi connectivity index (χ0v) is 12.5. The topological polar surface area (TPSA) is 74.8 Å². The van der Waals surface area contributed by atoms with Gasteiger partial charge in [0, 0.05) is 24.2 Å². The quantitative estimate of drug-likeness (QED) is 0.932. The van der Waals surface area contributed by atoms with Gasteiger partial charge in [-0.1, -0.05) is 18.2 Å². The third-order valence-corrected chi connectivity index (χ3v) is 3.73. The zero-order valence-electron chi connectivity index (χ0n) is 12.5. The molecule has 0 unspecified atom stereocenters. The summed E-state index contributed by atoms with van der Waals surface area (Å²) < 4.78 is 37.0. The molecular weight excluding hydrogens is 323 g/mol.